The summed E-state index contributed by atoms with van der Waals surface area (Å²) in [5.41, 5.74) is 3.30. The van der Waals surface area contributed by atoms with Gasteiger partial charge >= 0.3 is 0 Å². The summed E-state index contributed by atoms with van der Waals surface area (Å²) < 4.78 is 0. The minimum atomic E-state index is -0.0265. The summed E-state index contributed by atoms with van der Waals surface area (Å²) in [5.74, 6) is 0.473. The SMILES string of the molecule is O=C(c1cnc2ccccc2n1)N1CCC(c2ccncc2)CC1. The molecule has 0 saturated carbocycles. The minimum Gasteiger partial charge on any atom is -0.337 e. The first-order valence-electron chi connectivity index (χ1n) is 8.22. The molecular formula is C19H18N4O. The van der Waals surface area contributed by atoms with E-state index in [2.05, 4.69) is 27.1 Å². The van der Waals surface area contributed by atoms with Gasteiger partial charge in [0.15, 0.2) is 0 Å². The Morgan fingerprint density at radius 2 is 1.71 bits per heavy atom. The molecule has 0 bridgehead atoms. The van der Waals surface area contributed by atoms with E-state index in [1.165, 1.54) is 5.56 Å². The Labute approximate surface area is 140 Å². The van der Waals surface area contributed by atoms with E-state index in [1.54, 1.807) is 6.20 Å². The van der Waals surface area contributed by atoms with Crippen molar-refractivity contribution in [2.45, 2.75) is 18.8 Å². The van der Waals surface area contributed by atoms with Crippen molar-refractivity contribution >= 4 is 16.9 Å². The quantitative estimate of drug-likeness (QED) is 0.728. The number of para-hydroxylation sites is 2. The maximum absolute atomic E-state index is 12.7. The summed E-state index contributed by atoms with van der Waals surface area (Å²) in [4.78, 5) is 27.5. The Morgan fingerprint density at radius 3 is 2.46 bits per heavy atom. The Hall–Kier alpha value is -2.82. The zero-order valence-electron chi connectivity index (χ0n) is 13.3. The number of hydrogen-bond acceptors (Lipinski definition) is 4. The molecule has 1 aromatic carbocycles. The number of likely N-dealkylation sites (tertiary alicyclic amines) is 1. The molecule has 1 fully saturated rings. The van der Waals surface area contributed by atoms with E-state index in [1.807, 2.05) is 41.6 Å². The zero-order valence-corrected chi connectivity index (χ0v) is 13.3. The van der Waals surface area contributed by atoms with Gasteiger partial charge in [-0.1, -0.05) is 12.1 Å². The van der Waals surface area contributed by atoms with Crippen molar-refractivity contribution in [2.75, 3.05) is 13.1 Å². The van der Waals surface area contributed by atoms with Crippen molar-refractivity contribution < 1.29 is 4.79 Å². The van der Waals surface area contributed by atoms with Crippen LogP contribution in [0.5, 0.6) is 0 Å². The fraction of sp³-hybridized carbons (Fsp3) is 0.263. The van der Waals surface area contributed by atoms with Gasteiger partial charge < -0.3 is 4.90 Å². The highest BCUT2D eigenvalue weighted by molar-refractivity contribution is 5.93. The largest absolute Gasteiger partial charge is 0.337 e. The van der Waals surface area contributed by atoms with E-state index in [9.17, 15) is 4.79 Å². The smallest absolute Gasteiger partial charge is 0.274 e. The van der Waals surface area contributed by atoms with Crippen LogP contribution < -0.4 is 0 Å². The van der Waals surface area contributed by atoms with Crippen LogP contribution in [-0.4, -0.2) is 38.8 Å². The van der Waals surface area contributed by atoms with Gasteiger partial charge in [0, 0.05) is 25.5 Å². The van der Waals surface area contributed by atoms with Gasteiger partial charge in [-0.2, -0.15) is 0 Å². The number of carbonyl (C=O) groups is 1. The molecule has 2 aromatic heterocycles. The summed E-state index contributed by atoms with van der Waals surface area (Å²) >= 11 is 0. The highest BCUT2D eigenvalue weighted by Gasteiger charge is 2.25. The number of fused-ring (bicyclic) bond motifs is 1. The number of aromatic nitrogens is 3. The van der Waals surface area contributed by atoms with Crippen molar-refractivity contribution in [1.29, 1.82) is 0 Å². The number of rotatable bonds is 2. The lowest BCUT2D eigenvalue weighted by Gasteiger charge is -2.32. The molecule has 0 spiro atoms. The van der Waals surface area contributed by atoms with E-state index in [0.717, 1.165) is 37.0 Å². The number of piperidine rings is 1. The maximum Gasteiger partial charge on any atom is 0.274 e. The van der Waals surface area contributed by atoms with Gasteiger partial charge in [0.05, 0.1) is 17.2 Å². The van der Waals surface area contributed by atoms with Gasteiger partial charge in [0.2, 0.25) is 0 Å². The molecule has 0 radical (unpaired) electrons. The Kier molecular flexibility index (Phi) is 3.91. The van der Waals surface area contributed by atoms with Crippen LogP contribution in [0.25, 0.3) is 11.0 Å². The summed E-state index contributed by atoms with van der Waals surface area (Å²) in [6, 6.07) is 11.7. The van der Waals surface area contributed by atoms with Gasteiger partial charge in [-0.3, -0.25) is 14.8 Å². The van der Waals surface area contributed by atoms with E-state index in [4.69, 9.17) is 0 Å². The Balaban J connectivity index is 1.47. The monoisotopic (exact) mass is 318 g/mol. The number of pyridine rings is 1. The molecule has 1 saturated heterocycles. The first-order chi connectivity index (χ1) is 11.8. The second kappa shape index (κ2) is 6.35. The fourth-order valence-corrected chi connectivity index (χ4v) is 3.27. The lowest BCUT2D eigenvalue weighted by molar-refractivity contribution is 0.0707. The first kappa shape index (κ1) is 14.8. The van der Waals surface area contributed by atoms with Crippen LogP contribution in [0.3, 0.4) is 0 Å². The lowest BCUT2D eigenvalue weighted by Crippen LogP contribution is -2.38. The van der Waals surface area contributed by atoms with Crippen molar-refractivity contribution in [3.05, 3.63) is 66.2 Å². The molecule has 0 N–H and O–H groups in total. The molecule has 1 aliphatic heterocycles. The number of amides is 1. The van der Waals surface area contributed by atoms with Crippen LogP contribution in [0.15, 0.2) is 55.0 Å². The Bertz CT molecular complexity index is 857. The molecule has 1 aliphatic rings. The molecule has 5 heteroatoms. The molecule has 0 unspecified atom stereocenters. The number of hydrogen-bond donors (Lipinski definition) is 0. The molecular weight excluding hydrogens is 300 g/mol. The molecule has 1 amide bonds. The van der Waals surface area contributed by atoms with Crippen LogP contribution in [0, 0.1) is 0 Å². The third-order valence-electron chi connectivity index (χ3n) is 4.63. The van der Waals surface area contributed by atoms with Gasteiger partial charge in [-0.15, -0.1) is 0 Å². The third-order valence-corrected chi connectivity index (χ3v) is 4.63. The van der Waals surface area contributed by atoms with Crippen LogP contribution in [0.1, 0.15) is 34.8 Å². The van der Waals surface area contributed by atoms with E-state index < -0.39 is 0 Å². The summed E-state index contributed by atoms with van der Waals surface area (Å²) in [6.45, 7) is 1.50. The predicted octanol–water partition coefficient (Wildman–Crippen LogP) is 3.04. The molecule has 3 aromatic rings. The van der Waals surface area contributed by atoms with E-state index >= 15 is 0 Å². The van der Waals surface area contributed by atoms with Gasteiger partial charge in [-0.25, -0.2) is 4.98 Å². The molecule has 3 heterocycles. The normalized spacial score (nSPS) is 15.6. The van der Waals surface area contributed by atoms with Crippen molar-refractivity contribution in [3.8, 4) is 0 Å². The number of carbonyl (C=O) groups excluding carboxylic acids is 1. The topological polar surface area (TPSA) is 59.0 Å². The van der Waals surface area contributed by atoms with E-state index in [0.29, 0.717) is 11.6 Å². The minimum absolute atomic E-state index is 0.0265. The first-order valence-corrected chi connectivity index (χ1v) is 8.22. The van der Waals surface area contributed by atoms with Gasteiger partial charge in [-0.05, 0) is 48.6 Å². The molecule has 4 rings (SSSR count). The summed E-state index contributed by atoms with van der Waals surface area (Å²) in [5, 5.41) is 0. The summed E-state index contributed by atoms with van der Waals surface area (Å²) in [6.07, 6.45) is 7.18. The van der Waals surface area contributed by atoms with Crippen molar-refractivity contribution in [3.63, 3.8) is 0 Å². The molecule has 0 atom stereocenters. The second-order valence-corrected chi connectivity index (χ2v) is 6.09. The molecule has 5 nitrogen and oxygen atoms in total. The molecule has 24 heavy (non-hydrogen) atoms. The maximum atomic E-state index is 12.7. The molecule has 120 valence electrons. The Morgan fingerprint density at radius 1 is 1.00 bits per heavy atom. The highest BCUT2D eigenvalue weighted by atomic mass is 16.2. The number of nitrogens with zero attached hydrogens (tertiary/aromatic N) is 4. The second-order valence-electron chi connectivity index (χ2n) is 6.09. The van der Waals surface area contributed by atoms with Crippen LogP contribution >= 0.6 is 0 Å². The number of benzene rings is 1. The highest BCUT2D eigenvalue weighted by Crippen LogP contribution is 2.28. The molecule has 0 aliphatic carbocycles. The lowest BCUT2D eigenvalue weighted by atomic mass is 9.90. The predicted molar refractivity (Wildman–Crippen MR) is 91.7 cm³/mol. The zero-order chi connectivity index (χ0) is 16.4. The van der Waals surface area contributed by atoms with Crippen molar-refractivity contribution in [2.24, 2.45) is 0 Å². The van der Waals surface area contributed by atoms with E-state index in [-0.39, 0.29) is 5.91 Å². The van der Waals surface area contributed by atoms with Gasteiger partial charge in [0.1, 0.15) is 5.69 Å². The average molecular weight is 318 g/mol. The standard InChI is InChI=1S/C19H18N4O/c24-19(18-13-21-16-3-1-2-4-17(16)22-18)23-11-7-15(8-12-23)14-5-9-20-10-6-14/h1-6,9-10,13,15H,7-8,11-12H2. The van der Waals surface area contributed by atoms with Gasteiger partial charge in [0.25, 0.3) is 5.91 Å². The summed E-state index contributed by atoms with van der Waals surface area (Å²) in [7, 11) is 0. The van der Waals surface area contributed by atoms with Crippen LogP contribution in [0.2, 0.25) is 0 Å². The fourth-order valence-electron chi connectivity index (χ4n) is 3.27. The third kappa shape index (κ3) is 2.85. The van der Waals surface area contributed by atoms with Crippen LogP contribution in [-0.2, 0) is 0 Å². The van der Waals surface area contributed by atoms with Crippen LogP contribution in [0.4, 0.5) is 0 Å². The van der Waals surface area contributed by atoms with Crippen molar-refractivity contribution in [1.82, 2.24) is 19.9 Å². The average Bonchev–Trinajstić information content (AvgIpc) is 2.68.